The Morgan fingerprint density at radius 3 is 2.56 bits per heavy atom. The van der Waals surface area contributed by atoms with Crippen LogP contribution in [0.2, 0.25) is 0 Å². The van der Waals surface area contributed by atoms with E-state index in [9.17, 15) is 22.4 Å². The Bertz CT molecular complexity index is 1470. The number of rotatable bonds is 6. The second kappa shape index (κ2) is 10.0. The molecule has 2 aliphatic heterocycles. The number of halogens is 1. The van der Waals surface area contributed by atoms with E-state index in [-0.39, 0.29) is 51.2 Å². The summed E-state index contributed by atoms with van der Waals surface area (Å²) in [4.78, 5) is 30.0. The predicted octanol–water partition coefficient (Wildman–Crippen LogP) is 3.45. The third-order valence-electron chi connectivity index (χ3n) is 5.01. The molecule has 2 heterocycles. The van der Waals surface area contributed by atoms with Crippen molar-refractivity contribution in [3.8, 4) is 11.5 Å². The van der Waals surface area contributed by atoms with Crippen LogP contribution in [-0.4, -0.2) is 53.7 Å². The smallest absolute Gasteiger partial charge is 0.343 e. The summed E-state index contributed by atoms with van der Waals surface area (Å²) >= 11 is 0.715. The van der Waals surface area contributed by atoms with Crippen LogP contribution in [0.25, 0.3) is 6.08 Å². The molecule has 0 unspecified atom stereocenters. The molecule has 0 atom stereocenters. The molecule has 36 heavy (non-hydrogen) atoms. The van der Waals surface area contributed by atoms with Crippen LogP contribution in [0.1, 0.15) is 29.8 Å². The summed E-state index contributed by atoms with van der Waals surface area (Å²) in [5, 5.41) is 8.13. The van der Waals surface area contributed by atoms with Crippen molar-refractivity contribution in [3.05, 3.63) is 65.0 Å². The Kier molecular flexibility index (Phi) is 7.04. The highest BCUT2D eigenvalue weighted by molar-refractivity contribution is 8.16. The Balaban J connectivity index is 1.64. The van der Waals surface area contributed by atoms with Crippen molar-refractivity contribution in [1.82, 2.24) is 4.90 Å². The van der Waals surface area contributed by atoms with Crippen LogP contribution in [0, 0.1) is 11.2 Å². The van der Waals surface area contributed by atoms with Gasteiger partial charge in [0.2, 0.25) is 20.2 Å². The number of benzene rings is 2. The monoisotopic (exact) mass is 530 g/mol. The number of hydrogen-bond acceptors (Lipinski definition) is 9. The fourth-order valence-corrected chi connectivity index (χ4v) is 5.17. The van der Waals surface area contributed by atoms with Crippen molar-refractivity contribution in [3.63, 3.8) is 0 Å². The Morgan fingerprint density at radius 1 is 1.17 bits per heavy atom. The summed E-state index contributed by atoms with van der Waals surface area (Å²) in [7, 11) is -3.77. The molecule has 2 aromatic carbocycles. The predicted molar refractivity (Wildman–Crippen MR) is 133 cm³/mol. The highest BCUT2D eigenvalue weighted by Gasteiger charge is 2.42. The molecule has 2 aliphatic rings. The van der Waals surface area contributed by atoms with Gasteiger partial charge in [-0.1, -0.05) is 13.0 Å². The maximum absolute atomic E-state index is 13.1. The van der Waals surface area contributed by atoms with E-state index in [2.05, 4.69) is 9.39 Å². The van der Waals surface area contributed by atoms with Gasteiger partial charge in [0.15, 0.2) is 11.5 Å². The van der Waals surface area contributed by atoms with E-state index in [1.165, 1.54) is 43.3 Å². The van der Waals surface area contributed by atoms with Crippen LogP contribution in [0.15, 0.2) is 57.4 Å². The number of ether oxygens (including phenoxy) is 2. The average Bonchev–Trinajstić information content (AvgIpc) is 3.28. The number of nitrogens with one attached hydrogen (secondary N) is 1. The van der Waals surface area contributed by atoms with Crippen molar-refractivity contribution < 1.29 is 31.9 Å². The number of carbonyl (C=O) groups is 2. The van der Waals surface area contributed by atoms with Crippen LogP contribution in [-0.2, 0) is 14.6 Å². The van der Waals surface area contributed by atoms with Crippen molar-refractivity contribution in [1.29, 1.82) is 5.41 Å². The van der Waals surface area contributed by atoms with Gasteiger partial charge in [0.25, 0.3) is 5.91 Å². The first-order valence-corrected chi connectivity index (χ1v) is 13.0. The number of carbonyl (C=O) groups excluding carboxylic acids is 2. The van der Waals surface area contributed by atoms with Crippen LogP contribution in [0.4, 0.5) is 4.39 Å². The van der Waals surface area contributed by atoms with Gasteiger partial charge in [0.1, 0.15) is 11.7 Å². The minimum atomic E-state index is -3.77. The van der Waals surface area contributed by atoms with Gasteiger partial charge in [-0.05, 0) is 55.0 Å². The Labute approximate surface area is 210 Å². The van der Waals surface area contributed by atoms with Gasteiger partial charge in [0.05, 0.1) is 35.4 Å². The number of hydrogen-bond donors (Lipinski definition) is 1. The highest BCUT2D eigenvalue weighted by Crippen LogP contribution is 2.33. The van der Waals surface area contributed by atoms with Gasteiger partial charge in [0, 0.05) is 0 Å². The summed E-state index contributed by atoms with van der Waals surface area (Å²) in [6.07, 6.45) is 1.36. The molecule has 0 saturated heterocycles. The lowest BCUT2D eigenvalue weighted by Gasteiger charge is -2.24. The van der Waals surface area contributed by atoms with E-state index >= 15 is 0 Å². The first-order valence-electron chi connectivity index (χ1n) is 10.6. The highest BCUT2D eigenvalue weighted by atomic mass is 32.2. The van der Waals surface area contributed by atoms with Crippen molar-refractivity contribution in [2.24, 2.45) is 9.39 Å². The molecule has 0 radical (unpaired) electrons. The van der Waals surface area contributed by atoms with Crippen molar-refractivity contribution in [2.75, 3.05) is 12.4 Å². The number of amidine groups is 3. The third-order valence-corrected chi connectivity index (χ3v) is 7.42. The quantitative estimate of drug-likeness (QED) is 0.259. The van der Waals surface area contributed by atoms with E-state index in [0.717, 1.165) is 17.0 Å². The van der Waals surface area contributed by atoms with Gasteiger partial charge < -0.3 is 9.47 Å². The van der Waals surface area contributed by atoms with Crippen LogP contribution < -0.4 is 9.47 Å². The lowest BCUT2D eigenvalue weighted by molar-refractivity contribution is -0.114. The van der Waals surface area contributed by atoms with Crippen LogP contribution in [0.3, 0.4) is 0 Å². The largest absolute Gasteiger partial charge is 0.490 e. The molecule has 0 saturated carbocycles. The number of esters is 1. The normalized spacial score (nSPS) is 16.5. The minimum absolute atomic E-state index is 0.00719. The van der Waals surface area contributed by atoms with Crippen molar-refractivity contribution in [2.45, 2.75) is 13.8 Å². The minimum Gasteiger partial charge on any atom is -0.490 e. The number of aliphatic imine (C=N–C) groups is 1. The van der Waals surface area contributed by atoms with Gasteiger partial charge >= 0.3 is 5.97 Å². The molecular weight excluding hydrogens is 511 g/mol. The first-order chi connectivity index (χ1) is 17.1. The molecule has 2 aromatic rings. The maximum Gasteiger partial charge on any atom is 0.343 e. The molecule has 13 heteroatoms. The first kappa shape index (κ1) is 25.3. The molecule has 1 N–H and O–H groups in total. The topological polar surface area (TPSA) is 139 Å². The van der Waals surface area contributed by atoms with E-state index < -0.39 is 27.5 Å². The number of nitrogens with zero attached hydrogens (tertiary/aromatic N) is 3. The third kappa shape index (κ3) is 4.93. The SMILES string of the molecule is CCOc1cc(/C=C2/C(=N)N3C(=NC2=O)SN=C3S(=O)(=O)CC)ccc1OC(=O)c1ccc(F)cc1. The second-order valence-corrected chi connectivity index (χ2v) is 10.2. The molecule has 0 bridgehead atoms. The van der Waals surface area contributed by atoms with Crippen LogP contribution in [0.5, 0.6) is 11.5 Å². The molecule has 1 amide bonds. The Morgan fingerprint density at radius 2 is 1.89 bits per heavy atom. The van der Waals surface area contributed by atoms with Gasteiger partial charge in [-0.3, -0.25) is 10.2 Å². The fraction of sp³-hybridized carbons (Fsp3) is 0.174. The maximum atomic E-state index is 13.1. The summed E-state index contributed by atoms with van der Waals surface area (Å²) in [5.41, 5.74) is 0.400. The molecule has 0 fully saturated rings. The molecule has 0 spiro atoms. The lowest BCUT2D eigenvalue weighted by atomic mass is 10.1. The standard InChI is InChI=1S/C23H19FN4O6S2/c1-3-33-18-12-13(5-10-17(18)34-21(30)14-6-8-15(24)9-7-14)11-16-19(25)28-22(26-20(16)29)35-27-23(28)36(31,32)4-2/h5-12,25H,3-4H2,1-2H3/b16-11-,25-19?. The number of sulfone groups is 1. The van der Waals surface area contributed by atoms with Gasteiger partial charge in [-0.15, -0.1) is 0 Å². The lowest BCUT2D eigenvalue weighted by Crippen LogP contribution is -2.45. The molecule has 186 valence electrons. The van der Waals surface area contributed by atoms with E-state index in [0.29, 0.717) is 17.5 Å². The van der Waals surface area contributed by atoms with Crippen molar-refractivity contribution >= 4 is 55.9 Å². The number of fused-ring (bicyclic) bond motifs is 1. The number of amides is 1. The molecule has 0 aliphatic carbocycles. The summed E-state index contributed by atoms with van der Waals surface area (Å²) in [6, 6.07) is 9.33. The molecule has 10 nitrogen and oxygen atoms in total. The van der Waals surface area contributed by atoms with E-state index in [4.69, 9.17) is 14.9 Å². The zero-order valence-corrected chi connectivity index (χ0v) is 20.7. The molecule has 0 aromatic heterocycles. The van der Waals surface area contributed by atoms with Crippen LogP contribution >= 0.6 is 11.9 Å². The molecule has 4 rings (SSSR count). The summed E-state index contributed by atoms with van der Waals surface area (Å²) in [5.74, 6) is -2.26. The Hall–Kier alpha value is -3.84. The zero-order chi connectivity index (χ0) is 26.0. The second-order valence-electron chi connectivity index (χ2n) is 7.35. The summed E-state index contributed by atoms with van der Waals surface area (Å²) in [6.45, 7) is 3.42. The zero-order valence-electron chi connectivity index (χ0n) is 19.0. The van der Waals surface area contributed by atoms with E-state index in [1.54, 1.807) is 6.92 Å². The van der Waals surface area contributed by atoms with E-state index in [1.807, 2.05) is 0 Å². The van der Waals surface area contributed by atoms with Gasteiger partial charge in [-0.2, -0.15) is 9.39 Å². The fourth-order valence-electron chi connectivity index (χ4n) is 3.21. The molecular formula is C23H19FN4O6S2. The van der Waals surface area contributed by atoms with Gasteiger partial charge in [-0.25, -0.2) is 22.5 Å². The average molecular weight is 531 g/mol. The summed E-state index contributed by atoms with van der Waals surface area (Å²) < 4.78 is 52.8.